The molecule has 0 rings (SSSR count). The molecule has 0 aliphatic heterocycles. The Hall–Kier alpha value is -1.20. The SMILES string of the molecule is C=C=C/C(=C/CCCCC(=C)NC)CC. The molecule has 0 heterocycles. The normalized spacial score (nSPS) is 10.7. The molecule has 0 aromatic rings. The molecule has 1 heteroatoms. The molecule has 0 atom stereocenters. The molecule has 0 aromatic heterocycles. The fourth-order valence-corrected chi connectivity index (χ4v) is 1.33. The average Bonchev–Trinajstić information content (AvgIpc) is 2.26. The van der Waals surface area contributed by atoms with Gasteiger partial charge in [-0.05, 0) is 43.8 Å². The number of hydrogen-bond donors (Lipinski definition) is 1. The van der Waals surface area contributed by atoms with E-state index in [2.05, 4.69) is 37.2 Å². The third kappa shape index (κ3) is 7.84. The summed E-state index contributed by atoms with van der Waals surface area (Å²) < 4.78 is 0. The van der Waals surface area contributed by atoms with Crippen molar-refractivity contribution in [3.05, 3.63) is 42.3 Å². The number of unbranched alkanes of at least 4 members (excludes halogenated alkanes) is 2. The maximum Gasteiger partial charge on any atom is 0.00310 e. The molecule has 0 fully saturated rings. The van der Waals surface area contributed by atoms with E-state index in [1.165, 1.54) is 18.4 Å². The highest BCUT2D eigenvalue weighted by atomic mass is 14.8. The van der Waals surface area contributed by atoms with Gasteiger partial charge in [0, 0.05) is 12.7 Å². The molecule has 84 valence electrons. The van der Waals surface area contributed by atoms with Gasteiger partial charge in [-0.2, -0.15) is 0 Å². The van der Waals surface area contributed by atoms with Gasteiger partial charge in [-0.15, -0.1) is 5.73 Å². The van der Waals surface area contributed by atoms with Crippen LogP contribution >= 0.6 is 0 Å². The zero-order valence-corrected chi connectivity index (χ0v) is 10.1. The summed E-state index contributed by atoms with van der Waals surface area (Å²) >= 11 is 0. The number of nitrogens with one attached hydrogen (secondary N) is 1. The lowest BCUT2D eigenvalue weighted by atomic mass is 10.1. The summed E-state index contributed by atoms with van der Waals surface area (Å²) in [4.78, 5) is 0. The molecule has 1 nitrogen and oxygen atoms in total. The van der Waals surface area contributed by atoms with Crippen LogP contribution in [0.5, 0.6) is 0 Å². The Morgan fingerprint density at radius 1 is 1.40 bits per heavy atom. The van der Waals surface area contributed by atoms with Crippen molar-refractivity contribution in [3.63, 3.8) is 0 Å². The summed E-state index contributed by atoms with van der Waals surface area (Å²) in [6, 6.07) is 0. The fraction of sp³-hybridized carbons (Fsp3) is 0.500. The van der Waals surface area contributed by atoms with Gasteiger partial charge in [-0.1, -0.05) is 26.2 Å². The Kier molecular flexibility index (Phi) is 8.61. The molecule has 0 saturated heterocycles. The number of hydrogen-bond acceptors (Lipinski definition) is 1. The smallest absolute Gasteiger partial charge is 0.00310 e. The standard InChI is InChI=1S/C14H23N/c1-5-10-14(6-2)12-9-7-8-11-13(3)15-4/h10,12,15H,1,3,6-9,11H2,2,4H3/b14-12+. The maximum absolute atomic E-state index is 3.90. The van der Waals surface area contributed by atoms with E-state index in [1.807, 2.05) is 13.1 Å². The van der Waals surface area contributed by atoms with E-state index in [-0.39, 0.29) is 0 Å². The minimum atomic E-state index is 1.06. The van der Waals surface area contributed by atoms with Crippen molar-refractivity contribution in [1.82, 2.24) is 5.32 Å². The summed E-state index contributed by atoms with van der Waals surface area (Å²) in [5.74, 6) is 0. The maximum atomic E-state index is 3.90. The Morgan fingerprint density at radius 3 is 2.67 bits per heavy atom. The van der Waals surface area contributed by atoms with E-state index in [0.717, 1.165) is 25.0 Å². The Labute approximate surface area is 94.3 Å². The van der Waals surface area contributed by atoms with Crippen LogP contribution in [0.3, 0.4) is 0 Å². The highest BCUT2D eigenvalue weighted by molar-refractivity contribution is 5.16. The van der Waals surface area contributed by atoms with Gasteiger partial charge >= 0.3 is 0 Å². The van der Waals surface area contributed by atoms with E-state index in [9.17, 15) is 0 Å². The topological polar surface area (TPSA) is 12.0 Å². The van der Waals surface area contributed by atoms with Gasteiger partial charge in [0.2, 0.25) is 0 Å². The molecule has 0 radical (unpaired) electrons. The third-order valence-corrected chi connectivity index (χ3v) is 2.39. The lowest BCUT2D eigenvalue weighted by Gasteiger charge is -2.03. The van der Waals surface area contributed by atoms with Crippen LogP contribution in [0.1, 0.15) is 39.0 Å². The summed E-state index contributed by atoms with van der Waals surface area (Å²) in [5.41, 5.74) is 5.28. The quantitative estimate of drug-likeness (QED) is 0.359. The first-order chi connectivity index (χ1) is 7.24. The van der Waals surface area contributed by atoms with Crippen molar-refractivity contribution < 1.29 is 0 Å². The third-order valence-electron chi connectivity index (χ3n) is 2.39. The summed E-state index contributed by atoms with van der Waals surface area (Å²) in [6.07, 6.45) is 9.93. The molecule has 0 aliphatic rings. The van der Waals surface area contributed by atoms with Crippen LogP contribution in [0.25, 0.3) is 0 Å². The minimum absolute atomic E-state index is 1.06. The molecular formula is C14H23N. The molecule has 0 amide bonds. The van der Waals surface area contributed by atoms with Gasteiger partial charge in [0.15, 0.2) is 0 Å². The molecule has 15 heavy (non-hydrogen) atoms. The highest BCUT2D eigenvalue weighted by Crippen LogP contribution is 2.09. The van der Waals surface area contributed by atoms with E-state index in [4.69, 9.17) is 0 Å². The Balaban J connectivity index is 3.67. The predicted octanol–water partition coefficient (Wildman–Crippen LogP) is 3.96. The molecular weight excluding hydrogens is 182 g/mol. The number of allylic oxidation sites excluding steroid dienone is 4. The van der Waals surface area contributed by atoms with E-state index < -0.39 is 0 Å². The Morgan fingerprint density at radius 2 is 2.13 bits per heavy atom. The highest BCUT2D eigenvalue weighted by Gasteiger charge is 1.91. The van der Waals surface area contributed by atoms with E-state index in [1.54, 1.807) is 0 Å². The molecule has 0 aliphatic carbocycles. The molecule has 0 saturated carbocycles. The first kappa shape index (κ1) is 13.8. The van der Waals surface area contributed by atoms with Crippen LogP contribution in [-0.2, 0) is 0 Å². The second kappa shape index (κ2) is 9.36. The summed E-state index contributed by atoms with van der Waals surface area (Å²) in [7, 11) is 1.92. The van der Waals surface area contributed by atoms with Crippen LogP contribution in [0.15, 0.2) is 42.3 Å². The van der Waals surface area contributed by atoms with Crippen LogP contribution in [0.2, 0.25) is 0 Å². The van der Waals surface area contributed by atoms with Crippen molar-refractivity contribution >= 4 is 0 Å². The van der Waals surface area contributed by atoms with Crippen molar-refractivity contribution in [2.45, 2.75) is 39.0 Å². The van der Waals surface area contributed by atoms with Gasteiger partial charge in [-0.3, -0.25) is 0 Å². The molecule has 0 spiro atoms. The lowest BCUT2D eigenvalue weighted by Crippen LogP contribution is -2.03. The molecule has 0 bridgehead atoms. The van der Waals surface area contributed by atoms with Crippen molar-refractivity contribution in [2.75, 3.05) is 7.05 Å². The van der Waals surface area contributed by atoms with Crippen LogP contribution in [0, 0.1) is 0 Å². The summed E-state index contributed by atoms with van der Waals surface area (Å²) in [6.45, 7) is 9.64. The molecule has 0 unspecified atom stereocenters. The van der Waals surface area contributed by atoms with Crippen molar-refractivity contribution in [3.8, 4) is 0 Å². The second-order valence-corrected chi connectivity index (χ2v) is 3.58. The van der Waals surface area contributed by atoms with Gasteiger partial charge in [-0.25, -0.2) is 0 Å². The average molecular weight is 205 g/mol. The van der Waals surface area contributed by atoms with Crippen LogP contribution < -0.4 is 5.32 Å². The van der Waals surface area contributed by atoms with Gasteiger partial charge in [0.05, 0.1) is 0 Å². The number of rotatable bonds is 8. The first-order valence-corrected chi connectivity index (χ1v) is 5.65. The minimum Gasteiger partial charge on any atom is -0.392 e. The van der Waals surface area contributed by atoms with Crippen molar-refractivity contribution in [2.24, 2.45) is 0 Å². The van der Waals surface area contributed by atoms with E-state index in [0.29, 0.717) is 0 Å². The first-order valence-electron chi connectivity index (χ1n) is 5.65. The van der Waals surface area contributed by atoms with Gasteiger partial charge in [0.1, 0.15) is 0 Å². The Bertz CT molecular complexity index is 255. The fourth-order valence-electron chi connectivity index (χ4n) is 1.33. The molecule has 0 aromatic carbocycles. The zero-order chi connectivity index (χ0) is 11.5. The van der Waals surface area contributed by atoms with E-state index >= 15 is 0 Å². The van der Waals surface area contributed by atoms with Gasteiger partial charge < -0.3 is 5.32 Å². The summed E-state index contributed by atoms with van der Waals surface area (Å²) in [5, 5.41) is 3.06. The van der Waals surface area contributed by atoms with Crippen molar-refractivity contribution in [1.29, 1.82) is 0 Å². The van der Waals surface area contributed by atoms with Crippen LogP contribution in [0.4, 0.5) is 0 Å². The molecule has 1 N–H and O–H groups in total. The second-order valence-electron chi connectivity index (χ2n) is 3.58. The monoisotopic (exact) mass is 205 g/mol. The van der Waals surface area contributed by atoms with Crippen LogP contribution in [-0.4, -0.2) is 7.05 Å². The zero-order valence-electron chi connectivity index (χ0n) is 10.1. The lowest BCUT2D eigenvalue weighted by molar-refractivity contribution is 0.712. The predicted molar refractivity (Wildman–Crippen MR) is 68.8 cm³/mol. The van der Waals surface area contributed by atoms with Gasteiger partial charge in [0.25, 0.3) is 0 Å². The largest absolute Gasteiger partial charge is 0.392 e.